The summed E-state index contributed by atoms with van der Waals surface area (Å²) in [5.41, 5.74) is 0.842. The molecule has 0 unspecified atom stereocenters. The molecule has 0 aromatic heterocycles. The molecule has 0 atom stereocenters. The van der Waals surface area contributed by atoms with Gasteiger partial charge in [-0.1, -0.05) is 57.3 Å². The van der Waals surface area contributed by atoms with E-state index >= 15 is 0 Å². The molecule has 0 N–H and O–H groups in total. The van der Waals surface area contributed by atoms with Gasteiger partial charge in [-0.05, 0) is 22.2 Å². The van der Waals surface area contributed by atoms with Gasteiger partial charge < -0.3 is 0 Å². The van der Waals surface area contributed by atoms with Gasteiger partial charge in [-0.3, -0.25) is 0 Å². The topological polar surface area (TPSA) is 0 Å². The fourth-order valence-electron chi connectivity index (χ4n) is 0.933. The van der Waals surface area contributed by atoms with Gasteiger partial charge in [0.2, 0.25) is 0 Å². The smallest absolute Gasteiger partial charge is 0.0471 e. The quantitative estimate of drug-likeness (QED) is 0.713. The van der Waals surface area contributed by atoms with Crippen LogP contribution in [0.1, 0.15) is 5.56 Å². The highest BCUT2D eigenvalue weighted by Crippen LogP contribution is 2.31. The van der Waals surface area contributed by atoms with E-state index in [2.05, 4.69) is 22.5 Å². The summed E-state index contributed by atoms with van der Waals surface area (Å²) in [5.74, 6) is 0. The standard InChI is InChI=1S/C9H6BrCl3/c1-5(10)2-7-8(12)3-6(11)4-9(7)13/h3-4H,1-2H2. The van der Waals surface area contributed by atoms with E-state index < -0.39 is 0 Å². The Bertz CT molecular complexity index is 324. The molecule has 0 nitrogen and oxygen atoms in total. The van der Waals surface area contributed by atoms with E-state index in [4.69, 9.17) is 34.8 Å². The van der Waals surface area contributed by atoms with Gasteiger partial charge in [-0.25, -0.2) is 0 Å². The third kappa shape index (κ3) is 3.17. The number of hydrogen-bond acceptors (Lipinski definition) is 0. The molecule has 0 radical (unpaired) electrons. The first-order valence-electron chi connectivity index (χ1n) is 3.47. The predicted molar refractivity (Wildman–Crippen MR) is 63.2 cm³/mol. The largest absolute Gasteiger partial charge is 0.0885 e. The minimum absolute atomic E-state index is 0.541. The number of benzene rings is 1. The van der Waals surface area contributed by atoms with Gasteiger partial charge in [0, 0.05) is 21.5 Å². The van der Waals surface area contributed by atoms with Crippen LogP contribution >= 0.6 is 50.7 Å². The van der Waals surface area contributed by atoms with Crippen LogP contribution in [0.3, 0.4) is 0 Å². The molecule has 13 heavy (non-hydrogen) atoms. The van der Waals surface area contributed by atoms with Gasteiger partial charge in [0.25, 0.3) is 0 Å². The molecule has 0 saturated heterocycles. The predicted octanol–water partition coefficient (Wildman–Crippen LogP) is 5.10. The maximum Gasteiger partial charge on any atom is 0.0471 e. The van der Waals surface area contributed by atoms with Crippen LogP contribution in [-0.4, -0.2) is 0 Å². The summed E-state index contributed by atoms with van der Waals surface area (Å²) in [6, 6.07) is 3.33. The highest BCUT2D eigenvalue weighted by molar-refractivity contribution is 9.11. The van der Waals surface area contributed by atoms with Crippen LogP contribution in [0.15, 0.2) is 23.2 Å². The maximum atomic E-state index is 5.95. The number of allylic oxidation sites excluding steroid dienone is 1. The number of rotatable bonds is 2. The van der Waals surface area contributed by atoms with Crippen molar-refractivity contribution in [2.45, 2.75) is 6.42 Å². The molecule has 0 aliphatic carbocycles. The van der Waals surface area contributed by atoms with Crippen LogP contribution in [0.2, 0.25) is 15.1 Å². The Hall–Kier alpha value is 0.310. The van der Waals surface area contributed by atoms with E-state index in [1.807, 2.05) is 0 Å². The molecular formula is C9H6BrCl3. The van der Waals surface area contributed by atoms with Gasteiger partial charge in [0.05, 0.1) is 0 Å². The van der Waals surface area contributed by atoms with Gasteiger partial charge in [-0.15, -0.1) is 0 Å². The monoisotopic (exact) mass is 298 g/mol. The van der Waals surface area contributed by atoms with Crippen molar-refractivity contribution in [3.63, 3.8) is 0 Å². The Balaban J connectivity index is 3.13. The number of hydrogen-bond donors (Lipinski definition) is 0. The van der Waals surface area contributed by atoms with Crippen molar-refractivity contribution in [2.75, 3.05) is 0 Å². The van der Waals surface area contributed by atoms with Crippen LogP contribution in [0, 0.1) is 0 Å². The van der Waals surface area contributed by atoms with E-state index in [0.717, 1.165) is 10.0 Å². The Morgan fingerprint density at radius 3 is 2.08 bits per heavy atom. The molecule has 0 aliphatic heterocycles. The molecule has 0 spiro atoms. The van der Waals surface area contributed by atoms with E-state index in [0.29, 0.717) is 21.5 Å². The lowest BCUT2D eigenvalue weighted by Gasteiger charge is -2.06. The average Bonchev–Trinajstić information content (AvgIpc) is 1.96. The highest BCUT2D eigenvalue weighted by atomic mass is 79.9. The third-order valence-corrected chi connectivity index (χ3v) is 2.65. The lowest BCUT2D eigenvalue weighted by atomic mass is 10.1. The highest BCUT2D eigenvalue weighted by Gasteiger charge is 2.07. The third-order valence-electron chi connectivity index (χ3n) is 1.47. The zero-order chi connectivity index (χ0) is 10.0. The second kappa shape index (κ2) is 4.70. The first kappa shape index (κ1) is 11.4. The fraction of sp³-hybridized carbons (Fsp3) is 0.111. The van der Waals surface area contributed by atoms with Crippen LogP contribution in [0.5, 0.6) is 0 Å². The normalized spacial score (nSPS) is 10.2. The fourth-order valence-corrected chi connectivity index (χ4v) is 2.16. The molecule has 0 amide bonds. The van der Waals surface area contributed by atoms with Crippen LogP contribution in [0.25, 0.3) is 0 Å². The van der Waals surface area contributed by atoms with Gasteiger partial charge in [0.15, 0.2) is 0 Å². The number of halogens is 4. The molecule has 1 aromatic carbocycles. The van der Waals surface area contributed by atoms with Crippen LogP contribution < -0.4 is 0 Å². The zero-order valence-corrected chi connectivity index (χ0v) is 10.4. The minimum Gasteiger partial charge on any atom is -0.0885 e. The first-order valence-corrected chi connectivity index (χ1v) is 5.40. The summed E-state index contributed by atoms with van der Waals surface area (Å²) in [7, 11) is 0. The van der Waals surface area contributed by atoms with Gasteiger partial charge in [0.1, 0.15) is 0 Å². The molecular weight excluding hydrogens is 294 g/mol. The van der Waals surface area contributed by atoms with Crippen molar-refractivity contribution in [3.8, 4) is 0 Å². The van der Waals surface area contributed by atoms with Crippen LogP contribution in [-0.2, 0) is 6.42 Å². The molecule has 0 fully saturated rings. The maximum absolute atomic E-state index is 5.95. The molecule has 70 valence electrons. The summed E-state index contributed by atoms with van der Waals surface area (Å²) < 4.78 is 0.832. The summed E-state index contributed by atoms with van der Waals surface area (Å²) in [4.78, 5) is 0. The van der Waals surface area contributed by atoms with E-state index in [1.165, 1.54) is 0 Å². The summed E-state index contributed by atoms with van der Waals surface area (Å²) in [6.45, 7) is 3.72. The van der Waals surface area contributed by atoms with E-state index in [9.17, 15) is 0 Å². The molecule has 0 heterocycles. The van der Waals surface area contributed by atoms with E-state index in [1.54, 1.807) is 12.1 Å². The lowest BCUT2D eigenvalue weighted by molar-refractivity contribution is 1.26. The van der Waals surface area contributed by atoms with Gasteiger partial charge >= 0.3 is 0 Å². The van der Waals surface area contributed by atoms with Crippen molar-refractivity contribution in [1.82, 2.24) is 0 Å². The molecule has 1 rings (SSSR count). The Morgan fingerprint density at radius 1 is 1.23 bits per heavy atom. The Morgan fingerprint density at radius 2 is 1.69 bits per heavy atom. The van der Waals surface area contributed by atoms with Crippen molar-refractivity contribution < 1.29 is 0 Å². The van der Waals surface area contributed by atoms with E-state index in [-0.39, 0.29) is 0 Å². The summed E-state index contributed by atoms with van der Waals surface area (Å²) >= 11 is 20.9. The SMILES string of the molecule is C=C(Br)Cc1c(Cl)cc(Cl)cc1Cl. The van der Waals surface area contributed by atoms with Gasteiger partial charge in [-0.2, -0.15) is 0 Å². The van der Waals surface area contributed by atoms with Crippen molar-refractivity contribution in [3.05, 3.63) is 43.8 Å². The first-order chi connectivity index (χ1) is 6.00. The van der Waals surface area contributed by atoms with Crippen molar-refractivity contribution >= 4 is 50.7 Å². The average molecular weight is 300 g/mol. The van der Waals surface area contributed by atoms with Crippen LogP contribution in [0.4, 0.5) is 0 Å². The minimum atomic E-state index is 0.541. The Labute approximate surface area is 101 Å². The molecule has 0 saturated carbocycles. The lowest BCUT2D eigenvalue weighted by Crippen LogP contribution is -1.87. The second-order valence-corrected chi connectivity index (χ2v) is 4.91. The summed E-state index contributed by atoms with van der Waals surface area (Å²) in [5, 5.41) is 1.68. The van der Waals surface area contributed by atoms with Crippen molar-refractivity contribution in [1.29, 1.82) is 0 Å². The zero-order valence-electron chi connectivity index (χ0n) is 6.58. The molecule has 0 bridgehead atoms. The molecule has 4 heteroatoms. The summed E-state index contributed by atoms with van der Waals surface area (Å²) in [6.07, 6.45) is 0.606. The van der Waals surface area contributed by atoms with Crippen molar-refractivity contribution in [2.24, 2.45) is 0 Å². The molecule has 0 aliphatic rings. The Kier molecular flexibility index (Phi) is 4.11. The second-order valence-electron chi connectivity index (χ2n) is 2.54. The molecule has 1 aromatic rings.